The lowest BCUT2D eigenvalue weighted by Crippen LogP contribution is -2.39. The summed E-state index contributed by atoms with van der Waals surface area (Å²) >= 11 is 0. The Labute approximate surface area is 154 Å². The van der Waals surface area contributed by atoms with E-state index in [1.165, 1.54) is 5.56 Å². The van der Waals surface area contributed by atoms with E-state index in [9.17, 15) is 22.8 Å². The molecule has 27 heavy (non-hydrogen) atoms. The van der Waals surface area contributed by atoms with Crippen LogP contribution in [0.4, 0.5) is 13.2 Å². The second-order valence-corrected chi connectivity index (χ2v) is 6.47. The molecular formula is C20H19F3N2O2. The average molecular weight is 376 g/mol. The Hall–Kier alpha value is -2.83. The number of halogens is 3. The first-order valence-corrected chi connectivity index (χ1v) is 8.67. The second-order valence-electron chi connectivity index (χ2n) is 6.47. The second kappa shape index (κ2) is 7.82. The summed E-state index contributed by atoms with van der Waals surface area (Å²) in [6, 6.07) is 11.7. The molecular weight excluding hydrogens is 357 g/mol. The van der Waals surface area contributed by atoms with Crippen LogP contribution < -0.4 is 10.6 Å². The summed E-state index contributed by atoms with van der Waals surface area (Å²) in [4.78, 5) is 24.2. The maximum Gasteiger partial charge on any atom is 0.416 e. The number of hydrogen-bond donors (Lipinski definition) is 2. The first-order valence-electron chi connectivity index (χ1n) is 8.67. The number of alkyl halides is 3. The molecule has 0 saturated carbocycles. The van der Waals surface area contributed by atoms with Crippen molar-refractivity contribution >= 4 is 11.8 Å². The van der Waals surface area contributed by atoms with Gasteiger partial charge in [0.1, 0.15) is 0 Å². The fourth-order valence-corrected chi connectivity index (χ4v) is 3.22. The highest BCUT2D eigenvalue weighted by Gasteiger charge is 2.30. The molecule has 2 aromatic rings. The summed E-state index contributed by atoms with van der Waals surface area (Å²) in [5.41, 5.74) is 1.54. The van der Waals surface area contributed by atoms with Crippen LogP contribution in [-0.2, 0) is 17.4 Å². The Bertz CT molecular complexity index is 832. The summed E-state index contributed by atoms with van der Waals surface area (Å²) in [7, 11) is 0. The standard InChI is InChI=1S/C20H19F3N2O2/c21-20(22,23)15-10-8-14(9-11-15)19(27)24-12-18(26)25-17-7-3-5-13-4-1-2-6-16(13)17/h1-2,4,6,8-11,17H,3,5,7,12H2,(H,24,27)(H,25,26)/t17-/m1/s1. The van der Waals surface area contributed by atoms with Crippen molar-refractivity contribution in [2.24, 2.45) is 0 Å². The third kappa shape index (κ3) is 4.67. The highest BCUT2D eigenvalue weighted by molar-refractivity contribution is 5.96. The molecule has 2 N–H and O–H groups in total. The molecule has 1 aliphatic carbocycles. The highest BCUT2D eigenvalue weighted by Crippen LogP contribution is 2.30. The first kappa shape index (κ1) is 18.9. The van der Waals surface area contributed by atoms with Crippen molar-refractivity contribution in [2.75, 3.05) is 6.54 Å². The zero-order valence-electron chi connectivity index (χ0n) is 14.5. The summed E-state index contributed by atoms with van der Waals surface area (Å²) < 4.78 is 37.6. The number of carbonyl (C=O) groups excluding carboxylic acids is 2. The Morgan fingerprint density at radius 3 is 2.44 bits per heavy atom. The van der Waals surface area contributed by atoms with Gasteiger partial charge in [-0.1, -0.05) is 24.3 Å². The van der Waals surface area contributed by atoms with E-state index in [1.54, 1.807) is 0 Å². The van der Waals surface area contributed by atoms with Crippen molar-refractivity contribution in [2.45, 2.75) is 31.5 Å². The van der Waals surface area contributed by atoms with Crippen LogP contribution in [-0.4, -0.2) is 18.4 Å². The fraction of sp³-hybridized carbons (Fsp3) is 0.300. The van der Waals surface area contributed by atoms with Gasteiger partial charge in [-0.2, -0.15) is 13.2 Å². The summed E-state index contributed by atoms with van der Waals surface area (Å²) in [6.45, 7) is -0.238. The first-order chi connectivity index (χ1) is 12.8. The lowest BCUT2D eigenvalue weighted by Gasteiger charge is -2.26. The Morgan fingerprint density at radius 1 is 1.04 bits per heavy atom. The number of carbonyl (C=O) groups is 2. The molecule has 2 amide bonds. The number of amides is 2. The van der Waals surface area contributed by atoms with Gasteiger partial charge >= 0.3 is 6.18 Å². The van der Waals surface area contributed by atoms with Gasteiger partial charge in [-0.3, -0.25) is 9.59 Å². The largest absolute Gasteiger partial charge is 0.416 e. The van der Waals surface area contributed by atoms with Crippen molar-refractivity contribution in [3.05, 3.63) is 70.8 Å². The number of fused-ring (bicyclic) bond motifs is 1. The molecule has 7 heteroatoms. The van der Waals surface area contributed by atoms with E-state index >= 15 is 0 Å². The van der Waals surface area contributed by atoms with Crippen LogP contribution in [0.3, 0.4) is 0 Å². The van der Waals surface area contributed by atoms with E-state index in [2.05, 4.69) is 10.6 Å². The minimum absolute atomic E-state index is 0.0683. The van der Waals surface area contributed by atoms with Crippen molar-refractivity contribution in [3.63, 3.8) is 0 Å². The van der Waals surface area contributed by atoms with E-state index < -0.39 is 17.6 Å². The van der Waals surface area contributed by atoms with Gasteiger partial charge in [0.05, 0.1) is 18.2 Å². The van der Waals surface area contributed by atoms with Gasteiger partial charge in [-0.05, 0) is 54.7 Å². The van der Waals surface area contributed by atoms with Crippen LogP contribution in [0.5, 0.6) is 0 Å². The van der Waals surface area contributed by atoms with Crippen LogP contribution in [0, 0.1) is 0 Å². The van der Waals surface area contributed by atoms with Gasteiger partial charge in [0, 0.05) is 5.56 Å². The zero-order chi connectivity index (χ0) is 19.4. The monoisotopic (exact) mass is 376 g/mol. The lowest BCUT2D eigenvalue weighted by atomic mass is 9.88. The quantitative estimate of drug-likeness (QED) is 0.856. The molecule has 0 bridgehead atoms. The Morgan fingerprint density at radius 2 is 1.74 bits per heavy atom. The lowest BCUT2D eigenvalue weighted by molar-refractivity contribution is -0.137. The predicted octanol–water partition coefficient (Wildman–Crippen LogP) is 3.63. The molecule has 0 saturated heterocycles. The number of rotatable bonds is 4. The van der Waals surface area contributed by atoms with Crippen molar-refractivity contribution < 1.29 is 22.8 Å². The summed E-state index contributed by atoms with van der Waals surface area (Å²) in [5.74, 6) is -0.931. The molecule has 1 aliphatic rings. The van der Waals surface area contributed by atoms with E-state index in [0.717, 1.165) is 49.1 Å². The van der Waals surface area contributed by atoms with Crippen LogP contribution in [0.1, 0.15) is 45.9 Å². The molecule has 0 unspecified atom stereocenters. The van der Waals surface area contributed by atoms with Gasteiger partial charge in [-0.15, -0.1) is 0 Å². The SMILES string of the molecule is O=C(CNC(=O)c1ccc(C(F)(F)F)cc1)N[C@@H]1CCCc2ccccc21. The maximum atomic E-state index is 12.5. The third-order valence-electron chi connectivity index (χ3n) is 4.59. The number of hydrogen-bond acceptors (Lipinski definition) is 2. The Kier molecular flexibility index (Phi) is 5.48. The van der Waals surface area contributed by atoms with Gasteiger partial charge in [0.15, 0.2) is 0 Å². The summed E-state index contributed by atoms with van der Waals surface area (Å²) in [6.07, 6.45) is -1.67. The molecule has 1 atom stereocenters. The molecule has 0 radical (unpaired) electrons. The minimum atomic E-state index is -4.45. The molecule has 4 nitrogen and oxygen atoms in total. The topological polar surface area (TPSA) is 58.2 Å². The molecule has 3 rings (SSSR count). The zero-order valence-corrected chi connectivity index (χ0v) is 14.5. The maximum absolute atomic E-state index is 12.5. The van der Waals surface area contributed by atoms with Gasteiger partial charge in [0.2, 0.25) is 5.91 Å². The molecule has 2 aromatic carbocycles. The average Bonchev–Trinajstić information content (AvgIpc) is 2.66. The number of nitrogens with one attached hydrogen (secondary N) is 2. The van der Waals surface area contributed by atoms with Gasteiger partial charge < -0.3 is 10.6 Å². The molecule has 0 fully saturated rings. The fourth-order valence-electron chi connectivity index (χ4n) is 3.22. The van der Waals surface area contributed by atoms with Gasteiger partial charge in [-0.25, -0.2) is 0 Å². The molecule has 0 spiro atoms. The van der Waals surface area contributed by atoms with E-state index in [4.69, 9.17) is 0 Å². The third-order valence-corrected chi connectivity index (χ3v) is 4.59. The minimum Gasteiger partial charge on any atom is -0.348 e. The van der Waals surface area contributed by atoms with E-state index in [0.29, 0.717) is 0 Å². The van der Waals surface area contributed by atoms with E-state index in [-0.39, 0.29) is 24.1 Å². The Balaban J connectivity index is 1.54. The van der Waals surface area contributed by atoms with Crippen molar-refractivity contribution in [3.8, 4) is 0 Å². The molecule has 142 valence electrons. The highest BCUT2D eigenvalue weighted by atomic mass is 19.4. The molecule has 0 heterocycles. The van der Waals surface area contributed by atoms with Crippen LogP contribution in [0.2, 0.25) is 0 Å². The van der Waals surface area contributed by atoms with Crippen LogP contribution in [0.25, 0.3) is 0 Å². The molecule has 0 aliphatic heterocycles. The van der Waals surface area contributed by atoms with E-state index in [1.807, 2.05) is 24.3 Å². The number of aryl methyl sites for hydroxylation is 1. The predicted molar refractivity (Wildman–Crippen MR) is 94.0 cm³/mol. The number of benzene rings is 2. The van der Waals surface area contributed by atoms with Crippen LogP contribution in [0.15, 0.2) is 48.5 Å². The van der Waals surface area contributed by atoms with Crippen molar-refractivity contribution in [1.82, 2.24) is 10.6 Å². The van der Waals surface area contributed by atoms with Crippen LogP contribution >= 0.6 is 0 Å². The normalized spacial score (nSPS) is 16.3. The summed E-state index contributed by atoms with van der Waals surface area (Å²) in [5, 5.41) is 5.35. The van der Waals surface area contributed by atoms with Crippen molar-refractivity contribution in [1.29, 1.82) is 0 Å². The smallest absolute Gasteiger partial charge is 0.348 e. The van der Waals surface area contributed by atoms with Gasteiger partial charge in [0.25, 0.3) is 5.91 Å². The molecule has 0 aromatic heterocycles.